The van der Waals surface area contributed by atoms with Crippen LogP contribution in [0.25, 0.3) is 0 Å². The molecule has 0 bridgehead atoms. The van der Waals surface area contributed by atoms with Crippen LogP contribution in [0.5, 0.6) is 0 Å². The van der Waals surface area contributed by atoms with Gasteiger partial charge in [-0.2, -0.15) is 0 Å². The van der Waals surface area contributed by atoms with E-state index in [0.29, 0.717) is 32.6 Å². The highest BCUT2D eigenvalue weighted by molar-refractivity contribution is 5.95. The van der Waals surface area contributed by atoms with Gasteiger partial charge in [0.25, 0.3) is 11.6 Å². The molecule has 1 fully saturated rings. The monoisotopic (exact) mass is 371 g/mol. The third kappa shape index (κ3) is 4.11. The van der Waals surface area contributed by atoms with Crippen LogP contribution < -0.4 is 4.90 Å². The molecule has 1 saturated heterocycles. The molecule has 0 unspecified atom stereocenters. The maximum Gasteiger partial charge on any atom is 0.270 e. The Hall–Kier alpha value is -3.29. The molecule has 27 heavy (non-hydrogen) atoms. The fourth-order valence-corrected chi connectivity index (χ4v) is 3.07. The lowest BCUT2D eigenvalue weighted by atomic mass is 10.1. The highest BCUT2D eigenvalue weighted by atomic mass is 19.1. The van der Waals surface area contributed by atoms with Gasteiger partial charge in [0.05, 0.1) is 10.5 Å². The molecule has 3 rings (SSSR count). The average molecular weight is 371 g/mol. The molecule has 2 aromatic carbocycles. The van der Waals surface area contributed by atoms with E-state index in [4.69, 9.17) is 0 Å². The number of carbonyl (C=O) groups is 2. The van der Waals surface area contributed by atoms with Gasteiger partial charge in [0.1, 0.15) is 12.1 Å². The van der Waals surface area contributed by atoms with Gasteiger partial charge >= 0.3 is 0 Å². The topological polar surface area (TPSA) is 83.8 Å². The maximum atomic E-state index is 14.0. The normalized spacial score (nSPS) is 14.1. The molecular formula is C19H18FN3O4. The third-order valence-electron chi connectivity index (χ3n) is 4.58. The number of amides is 1. The Morgan fingerprint density at radius 2 is 1.78 bits per heavy atom. The first-order valence-corrected chi connectivity index (χ1v) is 8.50. The number of nitro groups is 1. The number of nitro benzene ring substituents is 1. The van der Waals surface area contributed by atoms with Gasteiger partial charge in [0, 0.05) is 50.4 Å². The number of hydrogen-bond donors (Lipinski definition) is 0. The zero-order valence-electron chi connectivity index (χ0n) is 14.5. The summed E-state index contributed by atoms with van der Waals surface area (Å²) in [6.45, 7) is 1.90. The number of non-ortho nitro benzene ring substituents is 1. The predicted octanol–water partition coefficient (Wildman–Crippen LogP) is 2.44. The molecule has 0 aliphatic carbocycles. The fourth-order valence-electron chi connectivity index (χ4n) is 3.07. The second-order valence-corrected chi connectivity index (χ2v) is 6.24. The van der Waals surface area contributed by atoms with Gasteiger partial charge in [-0.15, -0.1) is 0 Å². The Balaban J connectivity index is 1.66. The maximum absolute atomic E-state index is 14.0. The summed E-state index contributed by atoms with van der Waals surface area (Å²) in [4.78, 5) is 36.9. The molecule has 1 amide bonds. The van der Waals surface area contributed by atoms with Gasteiger partial charge in [-0.1, -0.05) is 12.1 Å². The number of halogens is 1. The highest BCUT2D eigenvalue weighted by Gasteiger charge is 2.25. The molecule has 1 heterocycles. The van der Waals surface area contributed by atoms with Crippen molar-refractivity contribution in [2.24, 2.45) is 0 Å². The summed E-state index contributed by atoms with van der Waals surface area (Å²) in [5, 5.41) is 10.9. The summed E-state index contributed by atoms with van der Waals surface area (Å²) in [7, 11) is 0. The van der Waals surface area contributed by atoms with Crippen molar-refractivity contribution in [2.75, 3.05) is 31.1 Å². The highest BCUT2D eigenvalue weighted by Crippen LogP contribution is 2.21. The van der Waals surface area contributed by atoms with Gasteiger partial charge in [0.15, 0.2) is 0 Å². The SMILES string of the molecule is O=CCc1ccc(N2CCN(C(=O)c3cc([N+](=O)[O-])ccc3F)CC2)cc1. The fraction of sp³-hybridized carbons (Fsp3) is 0.263. The third-order valence-corrected chi connectivity index (χ3v) is 4.58. The Kier molecular flexibility index (Phi) is 5.44. The molecule has 1 aliphatic heterocycles. The van der Waals surface area contributed by atoms with Crippen LogP contribution in [-0.2, 0) is 11.2 Å². The average Bonchev–Trinajstić information content (AvgIpc) is 2.69. The first-order valence-electron chi connectivity index (χ1n) is 8.50. The van der Waals surface area contributed by atoms with Crippen LogP contribution in [0.1, 0.15) is 15.9 Å². The first-order chi connectivity index (χ1) is 13.0. The van der Waals surface area contributed by atoms with Crippen molar-refractivity contribution >= 4 is 23.6 Å². The van der Waals surface area contributed by atoms with Crippen molar-refractivity contribution in [1.82, 2.24) is 4.90 Å². The Labute approximate surface area is 155 Å². The Bertz CT molecular complexity index is 862. The van der Waals surface area contributed by atoms with Crippen LogP contribution in [0, 0.1) is 15.9 Å². The zero-order valence-corrected chi connectivity index (χ0v) is 14.5. The van der Waals surface area contributed by atoms with Gasteiger partial charge < -0.3 is 14.6 Å². The summed E-state index contributed by atoms with van der Waals surface area (Å²) in [6.07, 6.45) is 1.23. The molecule has 1 aliphatic rings. The summed E-state index contributed by atoms with van der Waals surface area (Å²) in [6, 6.07) is 10.6. The number of nitrogens with zero attached hydrogens (tertiary/aromatic N) is 3. The number of hydrogen-bond acceptors (Lipinski definition) is 5. The van der Waals surface area contributed by atoms with Crippen LogP contribution in [0.15, 0.2) is 42.5 Å². The minimum Gasteiger partial charge on any atom is -0.368 e. The number of anilines is 1. The zero-order chi connectivity index (χ0) is 19.4. The summed E-state index contributed by atoms with van der Waals surface area (Å²) in [5.74, 6) is -1.31. The molecule has 0 atom stereocenters. The molecule has 0 N–H and O–H groups in total. The van der Waals surface area contributed by atoms with Crippen molar-refractivity contribution in [3.63, 3.8) is 0 Å². The van der Waals surface area contributed by atoms with Crippen molar-refractivity contribution in [3.05, 3.63) is 69.5 Å². The molecule has 2 aromatic rings. The van der Waals surface area contributed by atoms with Crippen LogP contribution in [0.4, 0.5) is 15.8 Å². The summed E-state index contributed by atoms with van der Waals surface area (Å²) in [5.41, 5.74) is 1.33. The van der Waals surface area contributed by atoms with Crippen LogP contribution in [0.3, 0.4) is 0 Å². The van der Waals surface area contributed by atoms with Crippen LogP contribution in [0.2, 0.25) is 0 Å². The molecule has 0 spiro atoms. The van der Waals surface area contributed by atoms with E-state index in [2.05, 4.69) is 4.90 Å². The van der Waals surface area contributed by atoms with Crippen molar-refractivity contribution in [1.29, 1.82) is 0 Å². The van der Waals surface area contributed by atoms with Crippen LogP contribution in [-0.4, -0.2) is 48.2 Å². The Morgan fingerprint density at radius 1 is 1.11 bits per heavy atom. The quantitative estimate of drug-likeness (QED) is 0.458. The number of carbonyl (C=O) groups excluding carboxylic acids is 2. The second-order valence-electron chi connectivity index (χ2n) is 6.24. The molecule has 140 valence electrons. The van der Waals surface area contributed by atoms with Gasteiger partial charge in [-0.05, 0) is 23.8 Å². The van der Waals surface area contributed by atoms with E-state index in [9.17, 15) is 24.1 Å². The second kappa shape index (κ2) is 7.94. The van der Waals surface area contributed by atoms with Crippen molar-refractivity contribution in [2.45, 2.75) is 6.42 Å². The van der Waals surface area contributed by atoms with Crippen molar-refractivity contribution in [3.8, 4) is 0 Å². The molecule has 7 nitrogen and oxygen atoms in total. The number of rotatable bonds is 5. The summed E-state index contributed by atoms with van der Waals surface area (Å²) < 4.78 is 14.0. The molecule has 0 saturated carbocycles. The standard InChI is InChI=1S/C19H18FN3O4/c20-18-6-5-16(23(26)27)13-17(18)19(25)22-10-8-21(9-11-22)15-3-1-14(2-4-15)7-12-24/h1-6,12-13H,7-11H2. The van der Waals surface area contributed by atoms with E-state index in [1.807, 2.05) is 24.3 Å². The lowest BCUT2D eigenvalue weighted by molar-refractivity contribution is -0.384. The van der Waals surface area contributed by atoms with E-state index >= 15 is 0 Å². The molecular weight excluding hydrogens is 353 g/mol. The van der Waals surface area contributed by atoms with Crippen molar-refractivity contribution < 1.29 is 18.9 Å². The van der Waals surface area contributed by atoms with E-state index in [1.54, 1.807) is 0 Å². The Morgan fingerprint density at radius 3 is 2.37 bits per heavy atom. The molecule has 8 heteroatoms. The van der Waals surface area contributed by atoms with E-state index < -0.39 is 16.6 Å². The minimum absolute atomic E-state index is 0.282. The van der Waals surface area contributed by atoms with Crippen LogP contribution >= 0.6 is 0 Å². The number of benzene rings is 2. The minimum atomic E-state index is -0.765. The molecule has 0 aromatic heterocycles. The first kappa shape index (κ1) is 18.5. The molecule has 0 radical (unpaired) electrons. The predicted molar refractivity (Wildman–Crippen MR) is 97.4 cm³/mol. The lowest BCUT2D eigenvalue weighted by Gasteiger charge is -2.36. The van der Waals surface area contributed by atoms with E-state index in [-0.39, 0.29) is 11.3 Å². The number of aldehydes is 1. The van der Waals surface area contributed by atoms with E-state index in [1.165, 1.54) is 4.90 Å². The van der Waals surface area contributed by atoms with Gasteiger partial charge in [0.2, 0.25) is 0 Å². The number of piperazine rings is 1. The smallest absolute Gasteiger partial charge is 0.270 e. The largest absolute Gasteiger partial charge is 0.368 e. The van der Waals surface area contributed by atoms with E-state index in [0.717, 1.165) is 35.7 Å². The van der Waals surface area contributed by atoms with Gasteiger partial charge in [-0.3, -0.25) is 14.9 Å². The summed E-state index contributed by atoms with van der Waals surface area (Å²) >= 11 is 0. The van der Waals surface area contributed by atoms with Gasteiger partial charge in [-0.25, -0.2) is 4.39 Å². The lowest BCUT2D eigenvalue weighted by Crippen LogP contribution is -2.49.